The molecule has 0 saturated carbocycles. The maximum Gasteiger partial charge on any atom is 0.358 e. The highest BCUT2D eigenvalue weighted by Gasteiger charge is 2.12. The predicted octanol–water partition coefficient (Wildman–Crippen LogP) is 1.50. The number of nitrogens with zero attached hydrogens (tertiary/aromatic N) is 3. The zero-order valence-corrected chi connectivity index (χ0v) is 10.1. The van der Waals surface area contributed by atoms with Crippen LogP contribution in [-0.2, 0) is 4.74 Å². The van der Waals surface area contributed by atoms with Crippen LogP contribution in [0.5, 0.6) is 0 Å². The van der Waals surface area contributed by atoms with Crippen molar-refractivity contribution in [1.82, 2.24) is 9.97 Å². The Morgan fingerprint density at radius 1 is 1.44 bits per heavy atom. The molecule has 0 radical (unpaired) electrons. The molecule has 1 aromatic heterocycles. The van der Waals surface area contributed by atoms with Crippen molar-refractivity contribution in [3.8, 4) is 0 Å². The van der Waals surface area contributed by atoms with Crippen LogP contribution in [0.15, 0.2) is 12.4 Å². The van der Waals surface area contributed by atoms with E-state index >= 15 is 0 Å². The number of carbonyl (C=O) groups is 1. The van der Waals surface area contributed by atoms with Gasteiger partial charge in [-0.05, 0) is 20.8 Å². The molecule has 0 fully saturated rings. The molecule has 0 unspecified atom stereocenters. The molecule has 0 atom stereocenters. The number of hydrogen-bond acceptors (Lipinski definition) is 5. The molecule has 88 valence electrons. The summed E-state index contributed by atoms with van der Waals surface area (Å²) in [6, 6.07) is 0.350. The Bertz CT molecular complexity index is 349. The van der Waals surface area contributed by atoms with E-state index in [4.69, 9.17) is 0 Å². The predicted molar refractivity (Wildman–Crippen MR) is 61.5 cm³/mol. The minimum Gasteiger partial charge on any atom is -0.464 e. The van der Waals surface area contributed by atoms with Crippen LogP contribution >= 0.6 is 0 Å². The number of rotatable bonds is 4. The van der Waals surface area contributed by atoms with Crippen molar-refractivity contribution in [2.75, 3.05) is 18.6 Å². The van der Waals surface area contributed by atoms with Crippen LogP contribution in [-0.4, -0.2) is 35.6 Å². The Morgan fingerprint density at radius 3 is 2.50 bits per heavy atom. The number of hydrogen-bond donors (Lipinski definition) is 0. The first kappa shape index (κ1) is 12.4. The van der Waals surface area contributed by atoms with Gasteiger partial charge in [0.15, 0.2) is 5.69 Å². The fourth-order valence-corrected chi connectivity index (χ4v) is 1.47. The molecule has 5 heteroatoms. The molecular formula is C11H17N3O2. The van der Waals surface area contributed by atoms with Gasteiger partial charge in [0.2, 0.25) is 0 Å². The number of carbonyl (C=O) groups excluding carboxylic acids is 1. The van der Waals surface area contributed by atoms with Gasteiger partial charge in [-0.2, -0.15) is 0 Å². The van der Waals surface area contributed by atoms with Crippen LogP contribution in [0, 0.1) is 0 Å². The number of esters is 1. The zero-order valence-electron chi connectivity index (χ0n) is 10.1. The molecule has 0 N–H and O–H groups in total. The van der Waals surface area contributed by atoms with E-state index in [9.17, 15) is 4.79 Å². The van der Waals surface area contributed by atoms with E-state index in [2.05, 4.69) is 40.4 Å². The van der Waals surface area contributed by atoms with Crippen LogP contribution in [0.1, 0.15) is 31.3 Å². The molecule has 0 saturated heterocycles. The fourth-order valence-electron chi connectivity index (χ4n) is 1.47. The van der Waals surface area contributed by atoms with E-state index in [1.807, 2.05) is 0 Å². The Morgan fingerprint density at radius 2 is 2.12 bits per heavy atom. The van der Waals surface area contributed by atoms with Gasteiger partial charge in [-0.3, -0.25) is 0 Å². The molecule has 0 aromatic carbocycles. The summed E-state index contributed by atoms with van der Waals surface area (Å²) in [6.45, 7) is 7.07. The zero-order chi connectivity index (χ0) is 12.1. The van der Waals surface area contributed by atoms with Crippen molar-refractivity contribution in [1.29, 1.82) is 0 Å². The van der Waals surface area contributed by atoms with Gasteiger partial charge in [0.25, 0.3) is 0 Å². The van der Waals surface area contributed by atoms with E-state index < -0.39 is 5.97 Å². The molecule has 5 nitrogen and oxygen atoms in total. The number of aromatic nitrogens is 2. The maximum absolute atomic E-state index is 11.2. The average molecular weight is 223 g/mol. The topological polar surface area (TPSA) is 55.3 Å². The summed E-state index contributed by atoms with van der Waals surface area (Å²) in [5.41, 5.74) is 0.228. The number of ether oxygens (including phenoxy) is 1. The Kier molecular flexibility index (Phi) is 4.22. The summed E-state index contributed by atoms with van der Waals surface area (Å²) in [5.74, 6) is 0.303. The SMILES string of the molecule is CCN(c1cnc(C(=O)OC)cn1)C(C)C. The van der Waals surface area contributed by atoms with Crippen LogP contribution in [0.3, 0.4) is 0 Å². The third-order valence-corrected chi connectivity index (χ3v) is 2.29. The van der Waals surface area contributed by atoms with Crippen LogP contribution in [0.4, 0.5) is 5.82 Å². The van der Waals surface area contributed by atoms with E-state index in [1.54, 1.807) is 6.20 Å². The van der Waals surface area contributed by atoms with Gasteiger partial charge >= 0.3 is 5.97 Å². The van der Waals surface area contributed by atoms with Crippen molar-refractivity contribution in [2.45, 2.75) is 26.8 Å². The molecular weight excluding hydrogens is 206 g/mol. The fraction of sp³-hybridized carbons (Fsp3) is 0.545. The Balaban J connectivity index is 2.89. The number of anilines is 1. The summed E-state index contributed by atoms with van der Waals surface area (Å²) < 4.78 is 4.56. The summed E-state index contributed by atoms with van der Waals surface area (Å²) in [6.07, 6.45) is 3.03. The van der Waals surface area contributed by atoms with Gasteiger partial charge in [-0.1, -0.05) is 0 Å². The lowest BCUT2D eigenvalue weighted by molar-refractivity contribution is 0.0593. The standard InChI is InChI=1S/C11H17N3O2/c1-5-14(8(2)3)10-7-12-9(6-13-10)11(15)16-4/h6-8H,5H2,1-4H3. The van der Waals surface area contributed by atoms with E-state index in [1.165, 1.54) is 13.3 Å². The molecule has 16 heavy (non-hydrogen) atoms. The molecule has 0 aliphatic heterocycles. The minimum atomic E-state index is -0.466. The average Bonchev–Trinajstić information content (AvgIpc) is 2.29. The van der Waals surface area contributed by atoms with Crippen LogP contribution in [0.25, 0.3) is 0 Å². The van der Waals surface area contributed by atoms with Gasteiger partial charge < -0.3 is 9.64 Å². The van der Waals surface area contributed by atoms with Gasteiger partial charge in [-0.25, -0.2) is 14.8 Å². The third-order valence-electron chi connectivity index (χ3n) is 2.29. The lowest BCUT2D eigenvalue weighted by atomic mass is 10.3. The highest BCUT2D eigenvalue weighted by molar-refractivity contribution is 5.86. The Hall–Kier alpha value is -1.65. The van der Waals surface area contributed by atoms with Gasteiger partial charge in [-0.15, -0.1) is 0 Å². The largest absolute Gasteiger partial charge is 0.464 e. The monoisotopic (exact) mass is 223 g/mol. The second kappa shape index (κ2) is 5.44. The molecule has 0 aliphatic carbocycles. The molecule has 1 heterocycles. The lowest BCUT2D eigenvalue weighted by Gasteiger charge is -2.25. The first-order valence-electron chi connectivity index (χ1n) is 5.27. The second-order valence-corrected chi connectivity index (χ2v) is 3.63. The van der Waals surface area contributed by atoms with E-state index in [-0.39, 0.29) is 5.69 Å². The minimum absolute atomic E-state index is 0.228. The molecule has 0 bridgehead atoms. The Labute approximate surface area is 95.5 Å². The van der Waals surface area contributed by atoms with Crippen molar-refractivity contribution in [3.05, 3.63) is 18.1 Å². The second-order valence-electron chi connectivity index (χ2n) is 3.63. The first-order valence-corrected chi connectivity index (χ1v) is 5.27. The molecule has 1 aromatic rings. The smallest absolute Gasteiger partial charge is 0.358 e. The van der Waals surface area contributed by atoms with Crippen molar-refractivity contribution in [2.24, 2.45) is 0 Å². The van der Waals surface area contributed by atoms with E-state index in [0.717, 1.165) is 12.4 Å². The van der Waals surface area contributed by atoms with Gasteiger partial charge in [0, 0.05) is 12.6 Å². The molecule has 0 aliphatic rings. The molecule has 0 amide bonds. The molecule has 1 rings (SSSR count). The lowest BCUT2D eigenvalue weighted by Crippen LogP contribution is -2.31. The van der Waals surface area contributed by atoms with Gasteiger partial charge in [0.05, 0.1) is 19.5 Å². The normalized spacial score (nSPS) is 10.3. The summed E-state index contributed by atoms with van der Waals surface area (Å²) >= 11 is 0. The quantitative estimate of drug-likeness (QED) is 0.724. The van der Waals surface area contributed by atoms with Crippen molar-refractivity contribution < 1.29 is 9.53 Å². The van der Waals surface area contributed by atoms with Crippen molar-refractivity contribution in [3.63, 3.8) is 0 Å². The van der Waals surface area contributed by atoms with Crippen LogP contribution in [0.2, 0.25) is 0 Å². The first-order chi connectivity index (χ1) is 7.60. The van der Waals surface area contributed by atoms with Gasteiger partial charge in [0.1, 0.15) is 5.82 Å². The van der Waals surface area contributed by atoms with Crippen LogP contribution < -0.4 is 4.90 Å². The summed E-state index contributed by atoms with van der Waals surface area (Å²) in [5, 5.41) is 0. The summed E-state index contributed by atoms with van der Waals surface area (Å²) in [7, 11) is 1.32. The van der Waals surface area contributed by atoms with E-state index in [0.29, 0.717) is 6.04 Å². The summed E-state index contributed by atoms with van der Waals surface area (Å²) in [4.78, 5) is 21.5. The number of methoxy groups -OCH3 is 1. The maximum atomic E-state index is 11.2. The highest BCUT2D eigenvalue weighted by Crippen LogP contribution is 2.12. The highest BCUT2D eigenvalue weighted by atomic mass is 16.5. The molecule has 0 spiro atoms. The third kappa shape index (κ3) is 2.68. The van der Waals surface area contributed by atoms with Crippen molar-refractivity contribution >= 4 is 11.8 Å².